The molecule has 1 nitrogen and oxygen atoms in total. The number of unbranched alkanes of at least 4 members (excludes halogenated alkanes) is 9. The predicted octanol–water partition coefficient (Wildman–Crippen LogP) is 6.63. The highest BCUT2D eigenvalue weighted by molar-refractivity contribution is 5.25. The van der Waals surface area contributed by atoms with Gasteiger partial charge in [0.15, 0.2) is 0 Å². The Labute approximate surface area is 144 Å². The SMILES string of the molecule is CCCCCCCCCCCCc1ccc(C(C)C(C)O)cc1. The van der Waals surface area contributed by atoms with Crippen molar-refractivity contribution in [3.8, 4) is 0 Å². The zero-order chi connectivity index (χ0) is 16.9. The van der Waals surface area contributed by atoms with Crippen LogP contribution in [-0.2, 0) is 6.42 Å². The second kappa shape index (κ2) is 12.6. The number of rotatable bonds is 13. The topological polar surface area (TPSA) is 20.2 Å². The lowest BCUT2D eigenvalue weighted by Gasteiger charge is -2.15. The monoisotopic (exact) mass is 318 g/mol. The normalized spacial score (nSPS) is 13.9. The average Bonchev–Trinajstić information content (AvgIpc) is 2.56. The fourth-order valence-electron chi connectivity index (χ4n) is 3.08. The van der Waals surface area contributed by atoms with Gasteiger partial charge in [-0.05, 0) is 30.9 Å². The Morgan fingerprint density at radius 3 is 1.70 bits per heavy atom. The molecule has 2 atom stereocenters. The van der Waals surface area contributed by atoms with Gasteiger partial charge in [0, 0.05) is 5.92 Å². The maximum absolute atomic E-state index is 9.65. The molecular weight excluding hydrogens is 280 g/mol. The lowest BCUT2D eigenvalue weighted by molar-refractivity contribution is 0.169. The summed E-state index contributed by atoms with van der Waals surface area (Å²) >= 11 is 0. The smallest absolute Gasteiger partial charge is 0.0577 e. The largest absolute Gasteiger partial charge is 0.393 e. The molecule has 0 heterocycles. The maximum atomic E-state index is 9.65. The number of hydrogen-bond donors (Lipinski definition) is 1. The van der Waals surface area contributed by atoms with E-state index in [0.29, 0.717) is 0 Å². The minimum absolute atomic E-state index is 0.223. The van der Waals surface area contributed by atoms with Gasteiger partial charge in [-0.2, -0.15) is 0 Å². The second-order valence-corrected chi connectivity index (χ2v) is 7.20. The van der Waals surface area contributed by atoms with Crippen molar-refractivity contribution in [2.24, 2.45) is 0 Å². The van der Waals surface area contributed by atoms with E-state index in [1.165, 1.54) is 81.8 Å². The first-order chi connectivity index (χ1) is 11.1. The molecule has 1 aromatic rings. The zero-order valence-electron chi connectivity index (χ0n) is 15.7. The van der Waals surface area contributed by atoms with E-state index in [2.05, 4.69) is 38.1 Å². The van der Waals surface area contributed by atoms with Crippen LogP contribution in [0.1, 0.15) is 102 Å². The van der Waals surface area contributed by atoms with Crippen molar-refractivity contribution in [3.05, 3.63) is 35.4 Å². The first kappa shape index (κ1) is 20.2. The molecule has 1 rings (SSSR count). The lowest BCUT2D eigenvalue weighted by atomic mass is 9.94. The van der Waals surface area contributed by atoms with Crippen LogP contribution in [0.4, 0.5) is 0 Å². The van der Waals surface area contributed by atoms with Gasteiger partial charge in [0.2, 0.25) is 0 Å². The fraction of sp³-hybridized carbons (Fsp3) is 0.727. The summed E-state index contributed by atoms with van der Waals surface area (Å²) in [6, 6.07) is 8.84. The van der Waals surface area contributed by atoms with Crippen molar-refractivity contribution < 1.29 is 5.11 Å². The molecule has 0 bridgehead atoms. The van der Waals surface area contributed by atoms with Crippen molar-refractivity contribution in [1.82, 2.24) is 0 Å². The molecule has 0 spiro atoms. The second-order valence-electron chi connectivity index (χ2n) is 7.20. The van der Waals surface area contributed by atoms with Crippen LogP contribution in [0.3, 0.4) is 0 Å². The Morgan fingerprint density at radius 2 is 1.22 bits per heavy atom. The standard InChI is InChI=1S/C22H38O/c1-4-5-6-7-8-9-10-11-12-13-14-21-15-17-22(18-16-21)19(2)20(3)23/h15-20,23H,4-14H2,1-3H3. The Hall–Kier alpha value is -0.820. The third kappa shape index (κ3) is 9.15. The molecule has 0 saturated heterocycles. The lowest BCUT2D eigenvalue weighted by Crippen LogP contribution is -2.10. The van der Waals surface area contributed by atoms with E-state index in [0.717, 1.165) is 0 Å². The van der Waals surface area contributed by atoms with E-state index < -0.39 is 0 Å². The third-order valence-electron chi connectivity index (χ3n) is 5.05. The average molecular weight is 319 g/mol. The molecule has 0 amide bonds. The van der Waals surface area contributed by atoms with Crippen molar-refractivity contribution >= 4 is 0 Å². The molecule has 23 heavy (non-hydrogen) atoms. The number of benzene rings is 1. The van der Waals surface area contributed by atoms with E-state index in [4.69, 9.17) is 0 Å². The molecular formula is C22H38O. The van der Waals surface area contributed by atoms with Gasteiger partial charge in [-0.25, -0.2) is 0 Å². The molecule has 0 aromatic heterocycles. The third-order valence-corrected chi connectivity index (χ3v) is 5.05. The highest BCUT2D eigenvalue weighted by Crippen LogP contribution is 2.20. The van der Waals surface area contributed by atoms with E-state index in [9.17, 15) is 5.11 Å². The highest BCUT2D eigenvalue weighted by Gasteiger charge is 2.10. The minimum Gasteiger partial charge on any atom is -0.393 e. The summed E-state index contributed by atoms with van der Waals surface area (Å²) in [5, 5.41) is 9.65. The van der Waals surface area contributed by atoms with Crippen molar-refractivity contribution in [2.75, 3.05) is 0 Å². The summed E-state index contributed by atoms with van der Waals surface area (Å²) < 4.78 is 0. The molecule has 1 N–H and O–H groups in total. The van der Waals surface area contributed by atoms with Crippen LogP contribution in [0.2, 0.25) is 0 Å². The highest BCUT2D eigenvalue weighted by atomic mass is 16.3. The summed E-state index contributed by atoms with van der Waals surface area (Å²) in [5.74, 6) is 0.223. The molecule has 1 aromatic carbocycles. The van der Waals surface area contributed by atoms with Crippen molar-refractivity contribution in [3.63, 3.8) is 0 Å². The van der Waals surface area contributed by atoms with Gasteiger partial charge in [0.05, 0.1) is 6.10 Å². The van der Waals surface area contributed by atoms with Crippen LogP contribution >= 0.6 is 0 Å². The first-order valence-corrected chi connectivity index (χ1v) is 9.92. The van der Waals surface area contributed by atoms with Gasteiger partial charge >= 0.3 is 0 Å². The Morgan fingerprint density at radius 1 is 0.739 bits per heavy atom. The van der Waals surface area contributed by atoms with Gasteiger partial charge in [-0.15, -0.1) is 0 Å². The van der Waals surface area contributed by atoms with E-state index in [1.807, 2.05) is 6.92 Å². The van der Waals surface area contributed by atoms with Crippen LogP contribution in [0, 0.1) is 0 Å². The van der Waals surface area contributed by atoms with Crippen LogP contribution in [0.25, 0.3) is 0 Å². The molecule has 0 radical (unpaired) electrons. The van der Waals surface area contributed by atoms with Crippen molar-refractivity contribution in [2.45, 2.75) is 103 Å². The molecule has 0 saturated carbocycles. The first-order valence-electron chi connectivity index (χ1n) is 9.92. The van der Waals surface area contributed by atoms with Gasteiger partial charge in [0.25, 0.3) is 0 Å². The Balaban J connectivity index is 2.05. The van der Waals surface area contributed by atoms with Crippen LogP contribution in [0.5, 0.6) is 0 Å². The van der Waals surface area contributed by atoms with Crippen LogP contribution < -0.4 is 0 Å². The molecule has 2 unspecified atom stereocenters. The fourth-order valence-corrected chi connectivity index (χ4v) is 3.08. The number of aliphatic hydroxyl groups is 1. The molecule has 1 heteroatoms. The Bertz CT molecular complexity index is 379. The summed E-state index contributed by atoms with van der Waals surface area (Å²) in [7, 11) is 0. The van der Waals surface area contributed by atoms with Gasteiger partial charge in [0.1, 0.15) is 0 Å². The van der Waals surface area contributed by atoms with Gasteiger partial charge in [-0.3, -0.25) is 0 Å². The number of hydrogen-bond acceptors (Lipinski definition) is 1. The van der Waals surface area contributed by atoms with Gasteiger partial charge in [-0.1, -0.05) is 95.9 Å². The molecule has 0 aliphatic heterocycles. The van der Waals surface area contributed by atoms with Crippen molar-refractivity contribution in [1.29, 1.82) is 0 Å². The molecule has 0 aliphatic carbocycles. The summed E-state index contributed by atoms with van der Waals surface area (Å²) in [6.45, 7) is 6.23. The maximum Gasteiger partial charge on any atom is 0.0577 e. The quantitative estimate of drug-likeness (QED) is 0.404. The summed E-state index contributed by atoms with van der Waals surface area (Å²) in [5.41, 5.74) is 2.68. The predicted molar refractivity (Wildman–Crippen MR) is 102 cm³/mol. The number of aliphatic hydroxyl groups excluding tert-OH is 1. The van der Waals surface area contributed by atoms with E-state index in [1.54, 1.807) is 0 Å². The number of aryl methyl sites for hydroxylation is 1. The van der Waals surface area contributed by atoms with Gasteiger partial charge < -0.3 is 5.11 Å². The summed E-state index contributed by atoms with van der Waals surface area (Å²) in [4.78, 5) is 0. The van der Waals surface area contributed by atoms with E-state index >= 15 is 0 Å². The van der Waals surface area contributed by atoms with E-state index in [-0.39, 0.29) is 12.0 Å². The van der Waals surface area contributed by atoms with Crippen LogP contribution in [-0.4, -0.2) is 11.2 Å². The summed E-state index contributed by atoms with van der Waals surface area (Å²) in [6.07, 6.45) is 14.9. The zero-order valence-corrected chi connectivity index (χ0v) is 15.7. The minimum atomic E-state index is -0.275. The van der Waals surface area contributed by atoms with Crippen LogP contribution in [0.15, 0.2) is 24.3 Å². The molecule has 0 fully saturated rings. The molecule has 0 aliphatic rings. The molecule has 132 valence electrons. The Kier molecular flexibility index (Phi) is 11.1.